The molecule has 0 fully saturated rings. The molecule has 4 aromatic rings. The van der Waals surface area contributed by atoms with E-state index in [0.29, 0.717) is 22.0 Å². The van der Waals surface area contributed by atoms with Gasteiger partial charge in [-0.3, -0.25) is 14.2 Å². The van der Waals surface area contributed by atoms with Crippen LogP contribution in [0, 0.1) is 6.92 Å². The van der Waals surface area contributed by atoms with Crippen LogP contribution in [-0.2, 0) is 6.54 Å². The summed E-state index contributed by atoms with van der Waals surface area (Å²) in [5.74, 6) is 0.275. The number of ketones is 1. The third kappa shape index (κ3) is 3.14. The maximum absolute atomic E-state index is 13.0. The first-order chi connectivity index (χ1) is 13.5. The summed E-state index contributed by atoms with van der Waals surface area (Å²) in [5, 5.41) is 5.60. The fraction of sp³-hybridized carbons (Fsp3) is 0.136. The molecule has 0 amide bonds. The Hall–Kier alpha value is -3.18. The molecule has 0 spiro atoms. The van der Waals surface area contributed by atoms with Gasteiger partial charge in [0.2, 0.25) is 0 Å². The minimum Gasteiger partial charge on any atom is -0.359 e. The van der Waals surface area contributed by atoms with Gasteiger partial charge < -0.3 is 4.52 Å². The molecule has 0 aliphatic carbocycles. The predicted molar refractivity (Wildman–Crippen MR) is 109 cm³/mol. The number of aromatic nitrogens is 2. The van der Waals surface area contributed by atoms with Crippen molar-refractivity contribution < 1.29 is 9.32 Å². The molecule has 5 nitrogen and oxygen atoms in total. The van der Waals surface area contributed by atoms with E-state index in [4.69, 9.17) is 16.1 Å². The van der Waals surface area contributed by atoms with Crippen molar-refractivity contribution in [3.05, 3.63) is 86.9 Å². The number of para-hydroxylation sites is 1. The van der Waals surface area contributed by atoms with Gasteiger partial charge >= 0.3 is 0 Å². The Bertz CT molecular complexity index is 1250. The number of hydrogen-bond donors (Lipinski definition) is 0. The van der Waals surface area contributed by atoms with Gasteiger partial charge in [0.05, 0.1) is 17.6 Å². The highest BCUT2D eigenvalue weighted by Crippen LogP contribution is 2.24. The van der Waals surface area contributed by atoms with E-state index in [9.17, 15) is 9.59 Å². The molecule has 0 atom stereocenters. The summed E-state index contributed by atoms with van der Waals surface area (Å²) in [6.45, 7) is 3.40. The summed E-state index contributed by atoms with van der Waals surface area (Å²) in [5.41, 5.74) is 2.85. The third-order valence-corrected chi connectivity index (χ3v) is 5.05. The number of halogens is 1. The lowest BCUT2D eigenvalue weighted by molar-refractivity contribution is 0.101. The average molecular weight is 393 g/mol. The van der Waals surface area contributed by atoms with Crippen LogP contribution >= 0.6 is 11.6 Å². The first-order valence-corrected chi connectivity index (χ1v) is 9.18. The second-order valence-corrected chi connectivity index (χ2v) is 7.09. The molecule has 0 saturated carbocycles. The molecule has 0 aliphatic heterocycles. The molecule has 4 rings (SSSR count). The van der Waals surface area contributed by atoms with Crippen LogP contribution in [0.5, 0.6) is 0 Å². The Morgan fingerprint density at radius 3 is 2.57 bits per heavy atom. The topological polar surface area (TPSA) is 65.1 Å². The van der Waals surface area contributed by atoms with Gasteiger partial charge in [-0.1, -0.05) is 47.1 Å². The Balaban J connectivity index is 1.81. The van der Waals surface area contributed by atoms with Crippen molar-refractivity contribution in [3.63, 3.8) is 0 Å². The van der Waals surface area contributed by atoms with E-state index in [1.807, 2.05) is 36.4 Å². The van der Waals surface area contributed by atoms with E-state index < -0.39 is 0 Å². The number of benzene rings is 2. The molecule has 0 aliphatic rings. The van der Waals surface area contributed by atoms with Crippen LogP contribution in [0.1, 0.15) is 28.6 Å². The van der Waals surface area contributed by atoms with Gasteiger partial charge in [0.1, 0.15) is 5.69 Å². The minimum absolute atomic E-state index is 0.181. The number of aryl methyl sites for hydroxylation is 1. The number of Topliss-reactive ketones (excluding diaryl/α,β-unsaturated/α-hetero) is 1. The summed E-state index contributed by atoms with van der Waals surface area (Å²) in [4.78, 5) is 25.1. The monoisotopic (exact) mass is 392 g/mol. The van der Waals surface area contributed by atoms with Gasteiger partial charge in [-0.25, -0.2) is 0 Å². The van der Waals surface area contributed by atoms with Gasteiger partial charge in [-0.2, -0.15) is 0 Å². The number of pyridine rings is 1. The second kappa shape index (κ2) is 7.09. The first kappa shape index (κ1) is 18.2. The van der Waals surface area contributed by atoms with Gasteiger partial charge in [-0.15, -0.1) is 0 Å². The summed E-state index contributed by atoms with van der Waals surface area (Å²) < 4.78 is 7.02. The molecule has 28 heavy (non-hydrogen) atoms. The molecular formula is C22H17ClN2O3. The van der Waals surface area contributed by atoms with Crippen LogP contribution in [-0.4, -0.2) is 15.5 Å². The van der Waals surface area contributed by atoms with Crippen LogP contribution < -0.4 is 5.56 Å². The molecule has 0 radical (unpaired) electrons. The third-order valence-electron chi connectivity index (χ3n) is 4.80. The SMILES string of the molecule is CC(=O)c1c(C)c2ccccc2n(Cc2cc(-c3ccc(Cl)cc3)no2)c1=O. The van der Waals surface area contributed by atoms with E-state index in [1.165, 1.54) is 6.92 Å². The highest BCUT2D eigenvalue weighted by Gasteiger charge is 2.18. The lowest BCUT2D eigenvalue weighted by Gasteiger charge is -2.13. The summed E-state index contributed by atoms with van der Waals surface area (Å²) >= 11 is 5.93. The Labute approximate surface area is 166 Å². The second-order valence-electron chi connectivity index (χ2n) is 6.65. The molecular weight excluding hydrogens is 376 g/mol. The number of carbonyl (C=O) groups is 1. The maximum atomic E-state index is 13.0. The molecule has 0 saturated heterocycles. The molecule has 6 heteroatoms. The average Bonchev–Trinajstić information content (AvgIpc) is 3.14. The van der Waals surface area contributed by atoms with Crippen molar-refractivity contribution in [1.29, 1.82) is 0 Å². The van der Waals surface area contributed by atoms with E-state index >= 15 is 0 Å². The van der Waals surface area contributed by atoms with Crippen LogP contribution in [0.4, 0.5) is 0 Å². The maximum Gasteiger partial charge on any atom is 0.262 e. The van der Waals surface area contributed by atoms with Gasteiger partial charge in [0, 0.05) is 22.0 Å². The van der Waals surface area contributed by atoms with E-state index in [2.05, 4.69) is 5.16 Å². The highest BCUT2D eigenvalue weighted by molar-refractivity contribution is 6.30. The highest BCUT2D eigenvalue weighted by atomic mass is 35.5. The van der Waals surface area contributed by atoms with Crippen molar-refractivity contribution in [1.82, 2.24) is 9.72 Å². The van der Waals surface area contributed by atoms with Crippen molar-refractivity contribution in [2.24, 2.45) is 0 Å². The van der Waals surface area contributed by atoms with Crippen LogP contribution in [0.3, 0.4) is 0 Å². The van der Waals surface area contributed by atoms with Gasteiger partial charge in [0.25, 0.3) is 5.56 Å². The zero-order valence-corrected chi connectivity index (χ0v) is 16.2. The Morgan fingerprint density at radius 1 is 1.14 bits per heavy atom. The normalized spacial score (nSPS) is 11.1. The number of nitrogens with zero attached hydrogens (tertiary/aromatic N) is 2. The van der Waals surface area contributed by atoms with Gasteiger partial charge in [-0.05, 0) is 37.6 Å². The van der Waals surface area contributed by atoms with E-state index in [1.54, 1.807) is 29.7 Å². The first-order valence-electron chi connectivity index (χ1n) is 8.80. The number of carbonyl (C=O) groups excluding carboxylic acids is 1. The minimum atomic E-state index is -0.326. The van der Waals surface area contributed by atoms with Gasteiger partial charge in [0.15, 0.2) is 11.5 Å². The van der Waals surface area contributed by atoms with Crippen molar-refractivity contribution >= 4 is 28.3 Å². The summed E-state index contributed by atoms with van der Waals surface area (Å²) in [7, 11) is 0. The van der Waals surface area contributed by atoms with Crippen LogP contribution in [0.2, 0.25) is 5.02 Å². The zero-order chi connectivity index (χ0) is 19.8. The smallest absolute Gasteiger partial charge is 0.262 e. The Kier molecular flexibility index (Phi) is 4.61. The predicted octanol–water partition coefficient (Wildman–Crippen LogP) is 4.87. The summed E-state index contributed by atoms with van der Waals surface area (Å²) in [6.07, 6.45) is 0. The molecule has 0 bridgehead atoms. The lowest BCUT2D eigenvalue weighted by atomic mass is 10.0. The largest absolute Gasteiger partial charge is 0.359 e. The van der Waals surface area contributed by atoms with Crippen molar-refractivity contribution in [3.8, 4) is 11.3 Å². The molecule has 2 aromatic carbocycles. The molecule has 140 valence electrons. The Morgan fingerprint density at radius 2 is 1.86 bits per heavy atom. The molecule has 2 heterocycles. The van der Waals surface area contributed by atoms with Crippen LogP contribution in [0.25, 0.3) is 22.2 Å². The number of fused-ring (bicyclic) bond motifs is 1. The zero-order valence-electron chi connectivity index (χ0n) is 15.4. The number of hydrogen-bond acceptors (Lipinski definition) is 4. The van der Waals surface area contributed by atoms with Crippen LogP contribution in [0.15, 0.2) is 63.9 Å². The lowest BCUT2D eigenvalue weighted by Crippen LogP contribution is -2.28. The fourth-order valence-electron chi connectivity index (χ4n) is 3.44. The number of rotatable bonds is 4. The van der Waals surface area contributed by atoms with E-state index in [0.717, 1.165) is 16.5 Å². The summed E-state index contributed by atoms with van der Waals surface area (Å²) in [6, 6.07) is 16.6. The molecule has 2 aromatic heterocycles. The van der Waals surface area contributed by atoms with E-state index in [-0.39, 0.29) is 23.5 Å². The fourth-order valence-corrected chi connectivity index (χ4v) is 3.56. The van der Waals surface area contributed by atoms with Crippen molar-refractivity contribution in [2.75, 3.05) is 0 Å². The van der Waals surface area contributed by atoms with Crippen molar-refractivity contribution in [2.45, 2.75) is 20.4 Å². The molecule has 0 unspecified atom stereocenters. The molecule has 0 N–H and O–H groups in total. The quantitative estimate of drug-likeness (QED) is 0.465. The standard InChI is InChI=1S/C22H17ClN2O3/c1-13-18-5-3-4-6-20(18)25(22(27)21(13)14(2)26)12-17-11-19(24-28-17)15-7-9-16(23)10-8-15/h3-11H,12H2,1-2H3.